The SMILES string of the molecule is C=C1C(=O)Nc2ccccc21.CC(O)C(=O)O. The number of aliphatic hydroxyl groups is 1. The van der Waals surface area contributed by atoms with Crippen molar-refractivity contribution < 1.29 is 19.8 Å². The summed E-state index contributed by atoms with van der Waals surface area (Å²) in [6.07, 6.45) is -1.23. The number of carboxylic acids is 1. The van der Waals surface area contributed by atoms with E-state index in [1.54, 1.807) is 0 Å². The molecule has 1 unspecified atom stereocenters. The Labute approximate surface area is 98.4 Å². The Balaban J connectivity index is 0.000000209. The zero-order chi connectivity index (χ0) is 13.0. The van der Waals surface area contributed by atoms with Crippen molar-refractivity contribution in [3.05, 3.63) is 36.4 Å². The van der Waals surface area contributed by atoms with Crippen LogP contribution in [-0.4, -0.2) is 28.2 Å². The normalized spacial score (nSPS) is 14.2. The van der Waals surface area contributed by atoms with E-state index in [1.807, 2.05) is 24.3 Å². The molecule has 1 aromatic rings. The van der Waals surface area contributed by atoms with Crippen molar-refractivity contribution in [2.75, 3.05) is 5.32 Å². The molecule has 2 rings (SSSR count). The van der Waals surface area contributed by atoms with E-state index in [4.69, 9.17) is 10.2 Å². The molecule has 0 bridgehead atoms. The molecule has 0 saturated heterocycles. The molecule has 1 aliphatic rings. The Kier molecular flexibility index (Phi) is 4.01. The van der Waals surface area contributed by atoms with Crippen LogP contribution in [0.15, 0.2) is 30.8 Å². The molecule has 1 aromatic carbocycles. The van der Waals surface area contributed by atoms with Crippen LogP contribution < -0.4 is 5.32 Å². The summed E-state index contributed by atoms with van der Waals surface area (Å²) in [5.41, 5.74) is 2.33. The highest BCUT2D eigenvalue weighted by Gasteiger charge is 2.20. The minimum Gasteiger partial charge on any atom is -0.479 e. The summed E-state index contributed by atoms with van der Waals surface area (Å²) in [5.74, 6) is -1.28. The van der Waals surface area contributed by atoms with Crippen molar-refractivity contribution in [2.45, 2.75) is 13.0 Å². The Morgan fingerprint density at radius 2 is 1.94 bits per heavy atom. The maximum atomic E-state index is 11.0. The molecule has 5 nitrogen and oxygen atoms in total. The number of carbonyl (C=O) groups excluding carboxylic acids is 1. The van der Waals surface area contributed by atoms with Gasteiger partial charge in [0.1, 0.15) is 6.10 Å². The predicted molar refractivity (Wildman–Crippen MR) is 63.4 cm³/mol. The predicted octanol–water partition coefficient (Wildman–Crippen LogP) is 1.10. The van der Waals surface area contributed by atoms with Gasteiger partial charge in [-0.15, -0.1) is 0 Å². The lowest BCUT2D eigenvalue weighted by atomic mass is 10.1. The maximum absolute atomic E-state index is 11.0. The van der Waals surface area contributed by atoms with E-state index in [9.17, 15) is 9.59 Å². The minimum absolute atomic E-state index is 0.0915. The van der Waals surface area contributed by atoms with Crippen molar-refractivity contribution in [2.24, 2.45) is 0 Å². The molecule has 3 N–H and O–H groups in total. The fourth-order valence-corrected chi connectivity index (χ4v) is 1.18. The molecule has 0 spiro atoms. The van der Waals surface area contributed by atoms with Crippen LogP contribution in [-0.2, 0) is 9.59 Å². The molecule has 1 amide bonds. The van der Waals surface area contributed by atoms with E-state index in [1.165, 1.54) is 6.92 Å². The minimum atomic E-state index is -1.23. The molecule has 1 aliphatic heterocycles. The van der Waals surface area contributed by atoms with Crippen molar-refractivity contribution in [3.8, 4) is 0 Å². The Hall–Kier alpha value is -2.14. The van der Waals surface area contributed by atoms with Gasteiger partial charge in [0, 0.05) is 16.8 Å². The number of hydrogen-bond acceptors (Lipinski definition) is 3. The number of aliphatic carboxylic acids is 1. The second-order valence-electron chi connectivity index (χ2n) is 3.49. The summed E-state index contributed by atoms with van der Waals surface area (Å²) in [6, 6.07) is 7.53. The fraction of sp³-hybridized carbons (Fsp3) is 0.167. The van der Waals surface area contributed by atoms with Gasteiger partial charge in [0.2, 0.25) is 0 Å². The van der Waals surface area contributed by atoms with Crippen molar-refractivity contribution in [1.82, 2.24) is 0 Å². The summed E-state index contributed by atoms with van der Waals surface area (Å²) < 4.78 is 0. The summed E-state index contributed by atoms with van der Waals surface area (Å²) in [6.45, 7) is 4.86. The molecule has 1 heterocycles. The number of aliphatic hydroxyl groups excluding tert-OH is 1. The molecule has 0 saturated carbocycles. The van der Waals surface area contributed by atoms with E-state index in [2.05, 4.69) is 11.9 Å². The van der Waals surface area contributed by atoms with Gasteiger partial charge < -0.3 is 15.5 Å². The summed E-state index contributed by atoms with van der Waals surface area (Å²) in [5, 5.41) is 18.5. The van der Waals surface area contributed by atoms with Gasteiger partial charge in [-0.2, -0.15) is 0 Å². The van der Waals surface area contributed by atoms with Gasteiger partial charge in [-0.1, -0.05) is 24.8 Å². The van der Waals surface area contributed by atoms with Crippen molar-refractivity contribution in [3.63, 3.8) is 0 Å². The van der Waals surface area contributed by atoms with Crippen LogP contribution in [0.4, 0.5) is 5.69 Å². The molecule has 17 heavy (non-hydrogen) atoms. The number of carboxylic acid groups (broad SMARTS) is 1. The van der Waals surface area contributed by atoms with Gasteiger partial charge >= 0.3 is 5.97 Å². The smallest absolute Gasteiger partial charge is 0.332 e. The first-order valence-corrected chi connectivity index (χ1v) is 4.94. The van der Waals surface area contributed by atoms with Gasteiger partial charge in [-0.3, -0.25) is 4.79 Å². The molecule has 90 valence electrons. The Bertz CT molecular complexity index is 465. The third kappa shape index (κ3) is 3.15. The zero-order valence-corrected chi connectivity index (χ0v) is 9.30. The first kappa shape index (κ1) is 12.9. The fourth-order valence-electron chi connectivity index (χ4n) is 1.18. The quantitative estimate of drug-likeness (QED) is 0.636. The van der Waals surface area contributed by atoms with Crippen molar-refractivity contribution >= 4 is 23.1 Å². The molecular weight excluding hydrogens is 222 g/mol. The first-order valence-electron chi connectivity index (χ1n) is 4.94. The number of carbonyl (C=O) groups is 2. The third-order valence-corrected chi connectivity index (χ3v) is 2.13. The number of para-hydroxylation sites is 1. The summed E-state index contributed by atoms with van der Waals surface area (Å²) in [4.78, 5) is 20.5. The van der Waals surface area contributed by atoms with Gasteiger partial charge in [-0.05, 0) is 13.0 Å². The number of amides is 1. The standard InChI is InChI=1S/C9H7NO.C3H6O3/c1-6-7-4-2-3-5-8(7)10-9(6)11;1-2(4)3(5)6/h2-5H,1H2,(H,10,11);2,4H,1H3,(H,5,6). The van der Waals surface area contributed by atoms with Crippen LogP contribution in [0.25, 0.3) is 5.57 Å². The molecule has 0 radical (unpaired) electrons. The topological polar surface area (TPSA) is 86.6 Å². The van der Waals surface area contributed by atoms with Gasteiger partial charge in [-0.25, -0.2) is 4.79 Å². The Morgan fingerprint density at radius 3 is 2.41 bits per heavy atom. The molecular formula is C12H13NO4. The monoisotopic (exact) mass is 235 g/mol. The second-order valence-corrected chi connectivity index (χ2v) is 3.49. The molecule has 0 aromatic heterocycles. The molecule has 1 atom stereocenters. The highest BCUT2D eigenvalue weighted by Crippen LogP contribution is 2.29. The van der Waals surface area contributed by atoms with Crippen LogP contribution in [0.1, 0.15) is 12.5 Å². The number of rotatable bonds is 1. The number of benzene rings is 1. The second kappa shape index (κ2) is 5.27. The Morgan fingerprint density at radius 1 is 1.41 bits per heavy atom. The van der Waals surface area contributed by atoms with Gasteiger partial charge in [0.25, 0.3) is 5.91 Å². The van der Waals surface area contributed by atoms with E-state index in [-0.39, 0.29) is 5.91 Å². The third-order valence-electron chi connectivity index (χ3n) is 2.13. The average molecular weight is 235 g/mol. The first-order chi connectivity index (χ1) is 7.93. The summed E-state index contributed by atoms with van der Waals surface area (Å²) in [7, 11) is 0. The molecule has 0 fully saturated rings. The van der Waals surface area contributed by atoms with E-state index in [0.29, 0.717) is 5.57 Å². The largest absolute Gasteiger partial charge is 0.479 e. The van der Waals surface area contributed by atoms with Crippen LogP contribution in [0.2, 0.25) is 0 Å². The summed E-state index contributed by atoms with van der Waals surface area (Å²) >= 11 is 0. The highest BCUT2D eigenvalue weighted by molar-refractivity contribution is 6.30. The van der Waals surface area contributed by atoms with E-state index < -0.39 is 12.1 Å². The molecule has 0 aliphatic carbocycles. The van der Waals surface area contributed by atoms with E-state index in [0.717, 1.165) is 11.3 Å². The van der Waals surface area contributed by atoms with Crippen LogP contribution in [0, 0.1) is 0 Å². The van der Waals surface area contributed by atoms with Gasteiger partial charge in [0.15, 0.2) is 0 Å². The van der Waals surface area contributed by atoms with Crippen molar-refractivity contribution in [1.29, 1.82) is 0 Å². The number of hydrogen-bond donors (Lipinski definition) is 3. The van der Waals surface area contributed by atoms with Crippen LogP contribution in [0.3, 0.4) is 0 Å². The maximum Gasteiger partial charge on any atom is 0.332 e. The lowest BCUT2D eigenvalue weighted by Crippen LogP contribution is -2.13. The lowest BCUT2D eigenvalue weighted by molar-refractivity contribution is -0.145. The molecule has 5 heteroatoms. The number of fused-ring (bicyclic) bond motifs is 1. The van der Waals surface area contributed by atoms with E-state index >= 15 is 0 Å². The van der Waals surface area contributed by atoms with Crippen LogP contribution in [0.5, 0.6) is 0 Å². The zero-order valence-electron chi connectivity index (χ0n) is 9.30. The lowest BCUT2D eigenvalue weighted by Gasteiger charge is -1.93. The number of nitrogens with one attached hydrogen (secondary N) is 1. The van der Waals surface area contributed by atoms with Crippen LogP contribution >= 0.6 is 0 Å². The average Bonchev–Trinajstić information content (AvgIpc) is 2.56. The number of anilines is 1. The highest BCUT2D eigenvalue weighted by atomic mass is 16.4. The van der Waals surface area contributed by atoms with Gasteiger partial charge in [0.05, 0.1) is 0 Å².